The van der Waals surface area contributed by atoms with Crippen molar-refractivity contribution >= 4 is 22.7 Å². The minimum Gasteiger partial charge on any atom is -0.508 e. The summed E-state index contributed by atoms with van der Waals surface area (Å²) < 4.78 is 1.61. The highest BCUT2D eigenvalue weighted by atomic mass is 32.2. The number of benzene rings is 3. The second-order valence-electron chi connectivity index (χ2n) is 5.85. The van der Waals surface area contributed by atoms with Gasteiger partial charge < -0.3 is 5.11 Å². The van der Waals surface area contributed by atoms with Crippen LogP contribution in [0.5, 0.6) is 5.75 Å². The van der Waals surface area contributed by atoms with E-state index in [0.29, 0.717) is 21.8 Å². The summed E-state index contributed by atoms with van der Waals surface area (Å²) in [6.07, 6.45) is 0. The van der Waals surface area contributed by atoms with Crippen LogP contribution in [-0.2, 0) is 5.75 Å². The van der Waals surface area contributed by atoms with E-state index in [1.807, 2.05) is 48.5 Å². The van der Waals surface area contributed by atoms with E-state index in [4.69, 9.17) is 0 Å². The Morgan fingerprint density at radius 3 is 2.35 bits per heavy atom. The van der Waals surface area contributed by atoms with E-state index in [-0.39, 0.29) is 11.3 Å². The number of hydrogen-bond acceptors (Lipinski definition) is 4. The maximum absolute atomic E-state index is 13.1. The van der Waals surface area contributed by atoms with Gasteiger partial charge in [0.25, 0.3) is 5.56 Å². The normalized spacial score (nSPS) is 10.9. The monoisotopic (exact) mass is 360 g/mol. The minimum atomic E-state index is -0.187. The van der Waals surface area contributed by atoms with Gasteiger partial charge in [-0.15, -0.1) is 0 Å². The number of phenolic OH excluding ortho intramolecular Hbond substituents is 1. The zero-order valence-corrected chi connectivity index (χ0v) is 14.7. The third kappa shape index (κ3) is 3.21. The molecular formula is C21H16N2O2S. The predicted molar refractivity (Wildman–Crippen MR) is 105 cm³/mol. The molecule has 0 amide bonds. The topological polar surface area (TPSA) is 55.1 Å². The number of nitrogens with zero attached hydrogens (tertiary/aromatic N) is 2. The van der Waals surface area contributed by atoms with Gasteiger partial charge in [-0.2, -0.15) is 0 Å². The number of para-hydroxylation sites is 1. The number of aromatic nitrogens is 2. The smallest absolute Gasteiger partial charge is 0.266 e. The largest absolute Gasteiger partial charge is 0.508 e. The Hall–Kier alpha value is -3.05. The van der Waals surface area contributed by atoms with Crippen molar-refractivity contribution in [2.45, 2.75) is 10.9 Å². The molecule has 0 aliphatic rings. The van der Waals surface area contributed by atoms with E-state index in [2.05, 4.69) is 17.1 Å². The molecule has 1 N–H and O–H groups in total. The highest BCUT2D eigenvalue weighted by Gasteiger charge is 2.14. The van der Waals surface area contributed by atoms with Crippen molar-refractivity contribution in [2.75, 3.05) is 0 Å². The summed E-state index contributed by atoms with van der Waals surface area (Å²) in [7, 11) is 0. The Labute approximate surface area is 154 Å². The average Bonchev–Trinajstić information content (AvgIpc) is 2.68. The molecule has 4 rings (SSSR count). The van der Waals surface area contributed by atoms with Crippen molar-refractivity contribution in [2.24, 2.45) is 0 Å². The number of aromatic hydroxyl groups is 1. The van der Waals surface area contributed by atoms with Gasteiger partial charge in [0, 0.05) is 5.75 Å². The lowest BCUT2D eigenvalue weighted by Crippen LogP contribution is -2.21. The SMILES string of the molecule is O=c1c2cc(O)ccc2nc(SCc2ccccc2)n1-c1ccccc1. The zero-order valence-electron chi connectivity index (χ0n) is 13.9. The maximum Gasteiger partial charge on any atom is 0.266 e. The summed E-state index contributed by atoms with van der Waals surface area (Å²) in [6.45, 7) is 0. The average molecular weight is 360 g/mol. The Balaban J connectivity index is 1.87. The van der Waals surface area contributed by atoms with Gasteiger partial charge in [0.05, 0.1) is 16.6 Å². The lowest BCUT2D eigenvalue weighted by Gasteiger charge is -2.13. The van der Waals surface area contributed by atoms with E-state index in [9.17, 15) is 9.90 Å². The Morgan fingerprint density at radius 1 is 0.923 bits per heavy atom. The van der Waals surface area contributed by atoms with Gasteiger partial charge in [0.15, 0.2) is 5.16 Å². The first-order valence-corrected chi connectivity index (χ1v) is 9.19. The molecule has 1 heterocycles. The molecule has 0 aliphatic heterocycles. The van der Waals surface area contributed by atoms with Gasteiger partial charge in [0.2, 0.25) is 0 Å². The highest BCUT2D eigenvalue weighted by Crippen LogP contribution is 2.25. The van der Waals surface area contributed by atoms with Gasteiger partial charge in [0.1, 0.15) is 5.75 Å². The van der Waals surface area contributed by atoms with Crippen molar-refractivity contribution < 1.29 is 5.11 Å². The molecule has 0 spiro atoms. The molecule has 0 bridgehead atoms. The maximum atomic E-state index is 13.1. The number of rotatable bonds is 4. The molecule has 0 unspecified atom stereocenters. The number of hydrogen-bond donors (Lipinski definition) is 1. The predicted octanol–water partition coefficient (Wildman–Crippen LogP) is 4.38. The summed E-state index contributed by atoms with van der Waals surface area (Å²) in [4.78, 5) is 17.8. The summed E-state index contributed by atoms with van der Waals surface area (Å²) in [5.74, 6) is 0.768. The molecule has 0 atom stereocenters. The van der Waals surface area contributed by atoms with Gasteiger partial charge in [-0.3, -0.25) is 9.36 Å². The van der Waals surface area contributed by atoms with Gasteiger partial charge in [-0.1, -0.05) is 60.3 Å². The van der Waals surface area contributed by atoms with Gasteiger partial charge >= 0.3 is 0 Å². The van der Waals surface area contributed by atoms with Crippen LogP contribution < -0.4 is 5.56 Å². The molecule has 128 valence electrons. The van der Waals surface area contributed by atoms with E-state index in [1.165, 1.54) is 17.8 Å². The molecule has 0 aliphatic carbocycles. The first-order chi connectivity index (χ1) is 12.7. The van der Waals surface area contributed by atoms with Crippen LogP contribution in [0.1, 0.15) is 5.56 Å². The van der Waals surface area contributed by atoms with Crippen LogP contribution in [0.25, 0.3) is 16.6 Å². The first-order valence-electron chi connectivity index (χ1n) is 8.20. The number of fused-ring (bicyclic) bond motifs is 1. The Bertz CT molecular complexity index is 1110. The van der Waals surface area contributed by atoms with E-state index in [0.717, 1.165) is 11.3 Å². The first kappa shape index (κ1) is 16.4. The van der Waals surface area contributed by atoms with Crippen LogP contribution in [0.15, 0.2) is 88.8 Å². The molecule has 0 saturated heterocycles. The Kier molecular flexibility index (Phi) is 4.46. The van der Waals surface area contributed by atoms with Gasteiger partial charge in [-0.05, 0) is 35.9 Å². The van der Waals surface area contributed by atoms with Crippen molar-refractivity contribution in [1.82, 2.24) is 9.55 Å². The van der Waals surface area contributed by atoms with Crippen LogP contribution >= 0.6 is 11.8 Å². The lowest BCUT2D eigenvalue weighted by molar-refractivity contribution is 0.476. The summed E-state index contributed by atoms with van der Waals surface area (Å²) in [5.41, 5.74) is 2.31. The molecule has 1 aromatic heterocycles. The number of thioether (sulfide) groups is 1. The molecule has 3 aromatic carbocycles. The van der Waals surface area contributed by atoms with Crippen molar-refractivity contribution in [3.05, 3.63) is 94.8 Å². The van der Waals surface area contributed by atoms with Crippen LogP contribution in [0, 0.1) is 0 Å². The van der Waals surface area contributed by atoms with E-state index < -0.39 is 0 Å². The molecule has 0 radical (unpaired) electrons. The van der Waals surface area contributed by atoms with Crippen LogP contribution in [0.3, 0.4) is 0 Å². The van der Waals surface area contributed by atoms with Crippen LogP contribution in [-0.4, -0.2) is 14.7 Å². The Morgan fingerprint density at radius 2 is 1.62 bits per heavy atom. The number of phenols is 1. The van der Waals surface area contributed by atoms with Crippen molar-refractivity contribution in [3.8, 4) is 11.4 Å². The quantitative estimate of drug-likeness (QED) is 0.433. The molecule has 4 nitrogen and oxygen atoms in total. The fourth-order valence-electron chi connectivity index (χ4n) is 2.78. The third-order valence-electron chi connectivity index (χ3n) is 4.05. The highest BCUT2D eigenvalue weighted by molar-refractivity contribution is 7.98. The van der Waals surface area contributed by atoms with Crippen LogP contribution in [0.2, 0.25) is 0 Å². The third-order valence-corrected chi connectivity index (χ3v) is 5.06. The van der Waals surface area contributed by atoms with Gasteiger partial charge in [-0.25, -0.2) is 4.98 Å². The second kappa shape index (κ2) is 7.06. The molecule has 5 heteroatoms. The van der Waals surface area contributed by atoms with Crippen LogP contribution in [0.4, 0.5) is 0 Å². The van der Waals surface area contributed by atoms with Crippen molar-refractivity contribution in [3.63, 3.8) is 0 Å². The molecule has 4 aromatic rings. The standard InChI is InChI=1S/C21H16N2O2S/c24-17-11-12-19-18(13-17)20(25)23(16-9-5-2-6-10-16)21(22-19)26-14-15-7-3-1-4-8-15/h1-13,24H,14H2. The second-order valence-corrected chi connectivity index (χ2v) is 6.79. The zero-order chi connectivity index (χ0) is 17.9. The molecule has 26 heavy (non-hydrogen) atoms. The van der Waals surface area contributed by atoms with E-state index in [1.54, 1.807) is 16.7 Å². The fraction of sp³-hybridized carbons (Fsp3) is 0.0476. The van der Waals surface area contributed by atoms with Crippen molar-refractivity contribution in [1.29, 1.82) is 0 Å². The molecular weight excluding hydrogens is 344 g/mol. The summed E-state index contributed by atoms with van der Waals surface area (Å²) in [5, 5.41) is 10.8. The molecule has 0 saturated carbocycles. The summed E-state index contributed by atoms with van der Waals surface area (Å²) >= 11 is 1.52. The molecule has 0 fully saturated rings. The van der Waals surface area contributed by atoms with E-state index >= 15 is 0 Å². The summed E-state index contributed by atoms with van der Waals surface area (Å²) in [6, 6.07) is 24.2. The fourth-order valence-corrected chi connectivity index (χ4v) is 3.75. The lowest BCUT2D eigenvalue weighted by atomic mass is 10.2. The minimum absolute atomic E-state index is 0.0562.